The van der Waals surface area contributed by atoms with Gasteiger partial charge in [-0.3, -0.25) is 5.01 Å². The van der Waals surface area contributed by atoms with E-state index in [1.54, 1.807) is 0 Å². The Morgan fingerprint density at radius 3 is 1.44 bits per heavy atom. The molecule has 0 aromatic heterocycles. The van der Waals surface area contributed by atoms with E-state index in [4.69, 9.17) is 5.10 Å². The normalized spacial score (nSPS) is 14.6. The first-order valence-corrected chi connectivity index (χ1v) is 24.3. The average Bonchev–Trinajstić information content (AvgIpc) is 3.66. The minimum atomic E-state index is 0.183. The van der Waals surface area contributed by atoms with Gasteiger partial charge in [-0.1, -0.05) is 236 Å². The highest BCUT2D eigenvalue weighted by Crippen LogP contribution is 2.38. The summed E-state index contributed by atoms with van der Waals surface area (Å²) < 4.78 is 0. The van der Waals surface area contributed by atoms with E-state index in [1.807, 2.05) is 0 Å². The van der Waals surface area contributed by atoms with Crippen molar-refractivity contribution in [1.29, 1.82) is 0 Å². The minimum absolute atomic E-state index is 0.183. The lowest BCUT2D eigenvalue weighted by molar-refractivity contribution is 0.450. The number of hydrazone groups is 1. The van der Waals surface area contributed by atoms with Gasteiger partial charge in [0.2, 0.25) is 0 Å². The molecule has 1 heterocycles. The molecule has 2 nitrogen and oxygen atoms in total. The number of rotatable bonds is 31. The van der Waals surface area contributed by atoms with E-state index in [0.717, 1.165) is 12.1 Å². The second kappa shape index (κ2) is 27.5. The van der Waals surface area contributed by atoms with Crippen LogP contribution < -0.4 is 5.01 Å². The predicted octanol–water partition coefficient (Wildman–Crippen LogP) is 17.5. The summed E-state index contributed by atoms with van der Waals surface area (Å²) in [6, 6.07) is 28.3. The Bertz CT molecular complexity index is 1510. The van der Waals surface area contributed by atoms with Gasteiger partial charge in [0.05, 0.1) is 17.4 Å². The molecule has 0 amide bonds. The van der Waals surface area contributed by atoms with Crippen LogP contribution in [0.2, 0.25) is 0 Å². The van der Waals surface area contributed by atoms with Crippen molar-refractivity contribution in [3.8, 4) is 0 Å². The Morgan fingerprint density at radius 1 is 0.509 bits per heavy atom. The first-order chi connectivity index (χ1) is 27.9. The quantitative estimate of drug-likeness (QED) is 0.0595. The zero-order chi connectivity index (χ0) is 40.4. The number of anilines is 1. The minimum Gasteiger partial charge on any atom is -0.257 e. The van der Waals surface area contributed by atoms with Crippen molar-refractivity contribution in [2.45, 2.75) is 219 Å². The maximum absolute atomic E-state index is 5.28. The molecule has 0 bridgehead atoms. The van der Waals surface area contributed by atoms with E-state index in [9.17, 15) is 0 Å². The molecule has 0 N–H and O–H groups in total. The molecular weight excluding hydrogens is 689 g/mol. The Hall–Kier alpha value is -3.13. The molecule has 3 aromatic carbocycles. The van der Waals surface area contributed by atoms with Gasteiger partial charge in [-0.2, -0.15) is 5.10 Å². The van der Waals surface area contributed by atoms with Gasteiger partial charge in [-0.05, 0) is 83.5 Å². The standard InChI is InChI=1S/C55H84N2/c1-6-9-12-14-16-18-20-22-24-26-29-47-31-33-49(34-32-47)37-42-52-46-54(57(56-52)53-43-40-51(41-44-53)55(4,5)45-28-11-8-3)50-38-35-48(36-39-50)30-27-25-23-21-19-17-15-13-10-7-2/h31-44,54H,6-30,45-46H2,1-5H3. The molecular formula is C55H84N2. The molecule has 4 rings (SSSR count). The molecule has 0 radical (unpaired) electrons. The predicted molar refractivity (Wildman–Crippen MR) is 254 cm³/mol. The lowest BCUT2D eigenvalue weighted by Crippen LogP contribution is -2.20. The first-order valence-electron chi connectivity index (χ1n) is 24.3. The van der Waals surface area contributed by atoms with Crippen LogP contribution in [-0.2, 0) is 18.3 Å². The topological polar surface area (TPSA) is 15.6 Å². The summed E-state index contributed by atoms with van der Waals surface area (Å²) >= 11 is 0. The van der Waals surface area contributed by atoms with Crippen molar-refractivity contribution in [1.82, 2.24) is 0 Å². The van der Waals surface area contributed by atoms with Crippen molar-refractivity contribution in [2.75, 3.05) is 5.01 Å². The number of hydrogen-bond acceptors (Lipinski definition) is 2. The summed E-state index contributed by atoms with van der Waals surface area (Å²) in [5.41, 5.74) is 9.48. The highest BCUT2D eigenvalue weighted by atomic mass is 15.5. The van der Waals surface area contributed by atoms with Gasteiger partial charge in [0.15, 0.2) is 0 Å². The molecule has 3 aromatic rings. The maximum Gasteiger partial charge on any atom is 0.0831 e. The van der Waals surface area contributed by atoms with Crippen molar-refractivity contribution in [3.05, 3.63) is 107 Å². The van der Waals surface area contributed by atoms with Gasteiger partial charge in [-0.15, -0.1) is 0 Å². The van der Waals surface area contributed by atoms with Crippen LogP contribution in [0, 0.1) is 0 Å². The van der Waals surface area contributed by atoms with Crippen molar-refractivity contribution >= 4 is 17.5 Å². The monoisotopic (exact) mass is 773 g/mol. The summed E-state index contributed by atoms with van der Waals surface area (Å²) in [5, 5.41) is 7.57. The first kappa shape index (κ1) is 46.6. The Labute approximate surface area is 352 Å². The molecule has 1 atom stereocenters. The highest BCUT2D eigenvalue weighted by molar-refractivity contribution is 6.01. The smallest absolute Gasteiger partial charge is 0.0831 e. The fourth-order valence-corrected chi connectivity index (χ4v) is 8.69. The van der Waals surface area contributed by atoms with Crippen LogP contribution in [-0.4, -0.2) is 5.71 Å². The SMILES string of the molecule is CCCCCCCCCCCCc1ccc(C=CC2=NN(c3ccc(C(C)(C)CCCCC)cc3)C(c3ccc(CCCCCCCCCCCC)cc3)C2)cc1. The molecule has 0 saturated heterocycles. The summed E-state index contributed by atoms with van der Waals surface area (Å²) in [7, 11) is 0. The molecule has 0 saturated carbocycles. The average molecular weight is 773 g/mol. The third kappa shape index (κ3) is 17.7. The van der Waals surface area contributed by atoms with Gasteiger partial charge in [0.25, 0.3) is 0 Å². The molecule has 0 aliphatic carbocycles. The molecule has 0 fully saturated rings. The van der Waals surface area contributed by atoms with Crippen molar-refractivity contribution in [3.63, 3.8) is 0 Å². The van der Waals surface area contributed by atoms with Crippen LogP contribution in [0.4, 0.5) is 5.69 Å². The van der Waals surface area contributed by atoms with Crippen molar-refractivity contribution in [2.24, 2.45) is 5.10 Å². The fourth-order valence-electron chi connectivity index (χ4n) is 8.69. The maximum atomic E-state index is 5.28. The summed E-state index contributed by atoms with van der Waals surface area (Å²) in [4.78, 5) is 0. The van der Waals surface area contributed by atoms with Gasteiger partial charge >= 0.3 is 0 Å². The lowest BCUT2D eigenvalue weighted by Gasteiger charge is -2.28. The van der Waals surface area contributed by atoms with Gasteiger partial charge in [0, 0.05) is 6.42 Å². The van der Waals surface area contributed by atoms with Gasteiger partial charge in [-0.25, -0.2) is 0 Å². The molecule has 57 heavy (non-hydrogen) atoms. The lowest BCUT2D eigenvalue weighted by atomic mass is 9.80. The zero-order valence-electron chi connectivity index (χ0n) is 37.6. The van der Waals surface area contributed by atoms with Gasteiger partial charge < -0.3 is 0 Å². The molecule has 314 valence electrons. The molecule has 2 heteroatoms. The molecule has 0 spiro atoms. The van der Waals surface area contributed by atoms with E-state index in [1.165, 1.54) is 200 Å². The van der Waals surface area contributed by atoms with E-state index < -0.39 is 0 Å². The second-order valence-electron chi connectivity index (χ2n) is 18.2. The van der Waals surface area contributed by atoms with E-state index in [-0.39, 0.29) is 11.5 Å². The Balaban J connectivity index is 1.33. The Kier molecular flexibility index (Phi) is 22.5. The fraction of sp³-hybridized carbons (Fsp3) is 0.618. The number of aryl methyl sites for hydroxylation is 2. The van der Waals surface area contributed by atoms with Crippen LogP contribution in [0.15, 0.2) is 84.0 Å². The van der Waals surface area contributed by atoms with E-state index in [2.05, 4.69) is 125 Å². The number of allylic oxidation sites excluding steroid dienone is 1. The second-order valence-corrected chi connectivity index (χ2v) is 18.2. The van der Waals surface area contributed by atoms with Crippen LogP contribution >= 0.6 is 0 Å². The van der Waals surface area contributed by atoms with Crippen molar-refractivity contribution < 1.29 is 0 Å². The summed E-state index contributed by atoms with van der Waals surface area (Å²) in [6.07, 6.45) is 40.7. The Morgan fingerprint density at radius 2 is 0.947 bits per heavy atom. The zero-order valence-corrected chi connectivity index (χ0v) is 37.6. The van der Waals surface area contributed by atoms with E-state index in [0.29, 0.717) is 0 Å². The van der Waals surface area contributed by atoms with Crippen LogP contribution in [0.25, 0.3) is 6.08 Å². The number of benzene rings is 3. The number of nitrogens with zero attached hydrogens (tertiary/aromatic N) is 2. The van der Waals surface area contributed by atoms with Gasteiger partial charge in [0.1, 0.15) is 0 Å². The number of hydrogen-bond donors (Lipinski definition) is 0. The van der Waals surface area contributed by atoms with E-state index >= 15 is 0 Å². The van der Waals surface area contributed by atoms with Crippen LogP contribution in [0.3, 0.4) is 0 Å². The molecule has 1 aliphatic rings. The van der Waals surface area contributed by atoms with Crippen LogP contribution in [0.5, 0.6) is 0 Å². The third-order valence-electron chi connectivity index (χ3n) is 12.7. The van der Waals surface area contributed by atoms with Crippen LogP contribution in [0.1, 0.15) is 229 Å². The number of unbranched alkanes of at least 4 members (excludes halogenated alkanes) is 20. The summed E-state index contributed by atoms with van der Waals surface area (Å²) in [5.74, 6) is 0. The molecule has 1 unspecified atom stereocenters. The largest absolute Gasteiger partial charge is 0.257 e. The third-order valence-corrected chi connectivity index (χ3v) is 12.7. The summed E-state index contributed by atoms with van der Waals surface area (Å²) in [6.45, 7) is 11.7. The molecule has 1 aliphatic heterocycles. The highest BCUT2D eigenvalue weighted by Gasteiger charge is 2.29.